The van der Waals surface area contributed by atoms with Gasteiger partial charge in [0.05, 0.1) is 5.70 Å². The molecule has 0 amide bonds. The summed E-state index contributed by atoms with van der Waals surface area (Å²) in [6, 6.07) is 0. The molecular formula is C4H5N3S. The molecule has 1 aliphatic heterocycles. The number of nitrogens with zero attached hydrogens (tertiary/aromatic N) is 2. The zero-order chi connectivity index (χ0) is 5.98. The summed E-state index contributed by atoms with van der Waals surface area (Å²) in [6.07, 6.45) is 0. The Morgan fingerprint density at radius 2 is 2.38 bits per heavy atom. The average Bonchev–Trinajstić information content (AvgIpc) is 2.14. The van der Waals surface area contributed by atoms with Crippen molar-refractivity contribution >= 4 is 21.8 Å². The van der Waals surface area contributed by atoms with Crippen molar-refractivity contribution in [2.24, 2.45) is 10.3 Å². The predicted octanol–water partition coefficient (Wildman–Crippen LogP) is 0.766. The second-order valence-electron chi connectivity index (χ2n) is 1.24. The molecule has 0 saturated heterocycles. The van der Waals surface area contributed by atoms with Gasteiger partial charge in [0.25, 0.3) is 0 Å². The maximum Gasteiger partial charge on any atom is 0.164 e. The van der Waals surface area contributed by atoms with Crippen LogP contribution in [0.5, 0.6) is 0 Å². The van der Waals surface area contributed by atoms with Crippen LogP contribution in [0, 0.1) is 0 Å². The largest absolute Gasteiger partial charge is 0.257 e. The fourth-order valence-electron chi connectivity index (χ4n) is 0.355. The first-order valence-corrected chi connectivity index (χ1v) is 2.98. The minimum Gasteiger partial charge on any atom is -0.257 e. The summed E-state index contributed by atoms with van der Waals surface area (Å²) in [5.74, 6) is 3.54. The highest BCUT2D eigenvalue weighted by Crippen LogP contribution is 2.00. The van der Waals surface area contributed by atoms with Gasteiger partial charge in [-0.3, -0.25) is 5.43 Å². The highest BCUT2D eigenvalue weighted by Gasteiger charge is 2.03. The Morgan fingerprint density at radius 3 is 2.62 bits per heavy atom. The Morgan fingerprint density at radius 1 is 1.62 bits per heavy atom. The van der Waals surface area contributed by atoms with Crippen LogP contribution >= 0.6 is 10.9 Å². The predicted molar refractivity (Wildman–Crippen MR) is 36.9 cm³/mol. The monoisotopic (exact) mass is 127 g/mol. The fraction of sp³-hybridized carbons (Fsp3) is 0. The van der Waals surface area contributed by atoms with Crippen molar-refractivity contribution < 1.29 is 0 Å². The number of rotatable bonds is 0. The first kappa shape index (κ1) is 5.24. The van der Waals surface area contributed by atoms with Crippen LogP contribution in [-0.4, -0.2) is 10.9 Å². The molecule has 0 aromatic heterocycles. The van der Waals surface area contributed by atoms with Gasteiger partial charge in [-0.2, -0.15) is 0 Å². The Bertz CT molecular complexity index is 199. The van der Waals surface area contributed by atoms with Gasteiger partial charge < -0.3 is 0 Å². The minimum atomic E-state index is 0.727. The van der Waals surface area contributed by atoms with Crippen LogP contribution in [0.4, 0.5) is 0 Å². The highest BCUT2D eigenvalue weighted by molar-refractivity contribution is 7.96. The zero-order valence-electron chi connectivity index (χ0n) is 4.22. The first-order valence-electron chi connectivity index (χ1n) is 1.99. The summed E-state index contributed by atoms with van der Waals surface area (Å²) >= 11 is 0. The van der Waals surface area contributed by atoms with E-state index in [-0.39, 0.29) is 0 Å². The summed E-state index contributed by atoms with van der Waals surface area (Å²) in [5, 5.41) is 7.16. The Hall–Kier alpha value is -0.900. The van der Waals surface area contributed by atoms with Crippen molar-refractivity contribution in [2.75, 3.05) is 0 Å². The zero-order valence-corrected chi connectivity index (χ0v) is 5.03. The van der Waals surface area contributed by atoms with Crippen molar-refractivity contribution in [2.45, 2.75) is 0 Å². The quantitative estimate of drug-likeness (QED) is 0.378. The van der Waals surface area contributed by atoms with Crippen LogP contribution < -0.4 is 5.43 Å². The molecule has 0 radical (unpaired) electrons. The molecule has 1 rings (SSSR count). The number of nitrogens with one attached hydrogen (secondary N) is 1. The van der Waals surface area contributed by atoms with Crippen LogP contribution in [-0.2, 0) is 0 Å². The third-order valence-corrected chi connectivity index (χ3v) is 1.32. The summed E-state index contributed by atoms with van der Waals surface area (Å²) < 4.78 is 0. The Labute approximate surface area is 50.6 Å². The lowest BCUT2D eigenvalue weighted by molar-refractivity contribution is 0.914. The van der Waals surface area contributed by atoms with Crippen LogP contribution in [0.1, 0.15) is 0 Å². The van der Waals surface area contributed by atoms with E-state index in [0.717, 1.165) is 10.7 Å². The van der Waals surface area contributed by atoms with E-state index in [1.165, 1.54) is 10.9 Å². The molecule has 42 valence electrons. The van der Waals surface area contributed by atoms with E-state index < -0.39 is 0 Å². The van der Waals surface area contributed by atoms with E-state index in [9.17, 15) is 0 Å². The molecular weight excluding hydrogens is 122 g/mol. The molecule has 3 nitrogen and oxygen atoms in total. The van der Waals surface area contributed by atoms with E-state index in [2.05, 4.69) is 28.2 Å². The molecule has 4 heteroatoms. The van der Waals surface area contributed by atoms with Crippen LogP contribution in [0.2, 0.25) is 0 Å². The molecule has 0 bridgehead atoms. The molecule has 0 aromatic carbocycles. The molecule has 8 heavy (non-hydrogen) atoms. The lowest BCUT2D eigenvalue weighted by Crippen LogP contribution is -2.00. The highest BCUT2D eigenvalue weighted by atomic mass is 32.1. The summed E-state index contributed by atoms with van der Waals surface area (Å²) in [7, 11) is 1.28. The van der Waals surface area contributed by atoms with Gasteiger partial charge in [0.15, 0.2) is 4.99 Å². The summed E-state index contributed by atoms with van der Waals surface area (Å²) in [6.45, 7) is 3.61. The SMILES string of the molecule is C=S=C1N=NNC1=C. The van der Waals surface area contributed by atoms with Gasteiger partial charge in [0.2, 0.25) is 0 Å². The van der Waals surface area contributed by atoms with Gasteiger partial charge in [-0.25, -0.2) is 0 Å². The van der Waals surface area contributed by atoms with Crippen LogP contribution in [0.15, 0.2) is 22.6 Å². The van der Waals surface area contributed by atoms with E-state index in [1.54, 1.807) is 0 Å². The lowest BCUT2D eigenvalue weighted by atomic mass is 10.5. The van der Waals surface area contributed by atoms with E-state index in [0.29, 0.717) is 0 Å². The second kappa shape index (κ2) is 1.92. The smallest absolute Gasteiger partial charge is 0.164 e. The van der Waals surface area contributed by atoms with E-state index in [4.69, 9.17) is 0 Å². The molecule has 1 aliphatic rings. The normalized spacial score (nSPS) is 16.5. The van der Waals surface area contributed by atoms with Gasteiger partial charge in [0.1, 0.15) is 0 Å². The van der Waals surface area contributed by atoms with E-state index in [1.807, 2.05) is 0 Å². The van der Waals surface area contributed by atoms with Crippen LogP contribution in [0.25, 0.3) is 0 Å². The molecule has 0 spiro atoms. The van der Waals surface area contributed by atoms with Crippen molar-refractivity contribution in [3.63, 3.8) is 0 Å². The molecule has 0 fully saturated rings. The van der Waals surface area contributed by atoms with E-state index >= 15 is 0 Å². The maximum absolute atomic E-state index is 3.67. The maximum atomic E-state index is 3.67. The standard InChI is InChI=1S/C4H5N3S/c1-3-4(8-2)6-7-5-3/h1-2H2,(H,5,6). The van der Waals surface area contributed by atoms with Gasteiger partial charge in [-0.1, -0.05) is 11.8 Å². The van der Waals surface area contributed by atoms with Gasteiger partial charge in [-0.05, 0) is 5.87 Å². The van der Waals surface area contributed by atoms with Gasteiger partial charge in [0, 0.05) is 0 Å². The summed E-state index contributed by atoms with van der Waals surface area (Å²) in [5.41, 5.74) is 3.31. The fourth-order valence-corrected chi connectivity index (χ4v) is 0.673. The second-order valence-corrected chi connectivity index (χ2v) is 1.92. The Kier molecular flexibility index (Phi) is 1.26. The third kappa shape index (κ3) is 0.696. The first-order chi connectivity index (χ1) is 3.84. The van der Waals surface area contributed by atoms with Gasteiger partial charge in [-0.15, -0.1) is 16.1 Å². The molecule has 0 aliphatic carbocycles. The van der Waals surface area contributed by atoms with Crippen LogP contribution in [0.3, 0.4) is 0 Å². The van der Waals surface area contributed by atoms with Gasteiger partial charge >= 0.3 is 0 Å². The Balaban J connectivity index is 2.99. The minimum absolute atomic E-state index is 0.727. The molecule has 0 aromatic rings. The molecule has 1 heterocycles. The topological polar surface area (TPSA) is 36.8 Å². The molecule has 0 atom stereocenters. The average molecular weight is 127 g/mol. The number of hydrogen-bond acceptors (Lipinski definition) is 2. The molecule has 1 N–H and O–H groups in total. The third-order valence-electron chi connectivity index (χ3n) is 0.721. The van der Waals surface area contributed by atoms with Crippen molar-refractivity contribution in [1.29, 1.82) is 0 Å². The van der Waals surface area contributed by atoms with Crippen molar-refractivity contribution in [1.82, 2.24) is 5.43 Å². The number of hydrogen-bond donors (Lipinski definition) is 1. The van der Waals surface area contributed by atoms with Crippen molar-refractivity contribution in [3.8, 4) is 0 Å². The molecule has 0 saturated carbocycles. The molecule has 0 unspecified atom stereocenters. The van der Waals surface area contributed by atoms with Crippen molar-refractivity contribution in [3.05, 3.63) is 12.3 Å². The summed E-state index contributed by atoms with van der Waals surface area (Å²) in [4.78, 5) is 0.755. The lowest BCUT2D eigenvalue weighted by Gasteiger charge is -1.84.